The second kappa shape index (κ2) is 6.39. The van der Waals surface area contributed by atoms with Gasteiger partial charge >= 0.3 is 0 Å². The predicted molar refractivity (Wildman–Crippen MR) is 82.3 cm³/mol. The molecule has 2 rings (SSSR count). The zero-order valence-corrected chi connectivity index (χ0v) is 12.7. The van der Waals surface area contributed by atoms with Crippen molar-refractivity contribution >= 4 is 23.1 Å². The highest BCUT2D eigenvalue weighted by molar-refractivity contribution is 7.80. The van der Waals surface area contributed by atoms with Crippen molar-refractivity contribution in [3.63, 3.8) is 0 Å². The van der Waals surface area contributed by atoms with Gasteiger partial charge in [0.05, 0.1) is 16.7 Å². The average molecular weight is 294 g/mol. The highest BCUT2D eigenvalue weighted by atomic mass is 32.1. The van der Waals surface area contributed by atoms with Crippen LogP contribution >= 0.6 is 12.2 Å². The van der Waals surface area contributed by atoms with Crippen molar-refractivity contribution < 1.29 is 9.21 Å². The molecule has 0 spiro atoms. The summed E-state index contributed by atoms with van der Waals surface area (Å²) < 4.78 is 5.29. The average Bonchev–Trinajstić information content (AvgIpc) is 3.08. The number of furan rings is 1. The fourth-order valence-electron chi connectivity index (χ4n) is 2.81. The van der Waals surface area contributed by atoms with Gasteiger partial charge < -0.3 is 15.5 Å². The number of nitrogens with one attached hydrogen (secondary N) is 1. The SMILES string of the molecule is CC(CCc1ccco1)NC(=O)C1(C(N)=S)CCCC1. The van der Waals surface area contributed by atoms with Crippen LogP contribution in [0.2, 0.25) is 0 Å². The molecule has 1 aliphatic carbocycles. The Bertz CT molecular complexity index is 464. The van der Waals surface area contributed by atoms with Gasteiger partial charge in [0.15, 0.2) is 0 Å². The van der Waals surface area contributed by atoms with Crippen LogP contribution in [0.4, 0.5) is 0 Å². The summed E-state index contributed by atoms with van der Waals surface area (Å²) in [7, 11) is 0. The standard InChI is InChI=1S/C15H22N2O2S/c1-11(6-7-12-5-4-10-19-12)17-14(18)15(13(16)20)8-2-3-9-15/h4-5,10-11H,2-3,6-9H2,1H3,(H2,16,20)(H,17,18). The monoisotopic (exact) mass is 294 g/mol. The molecule has 1 fully saturated rings. The molecule has 1 amide bonds. The van der Waals surface area contributed by atoms with Crippen molar-refractivity contribution in [3.05, 3.63) is 24.2 Å². The van der Waals surface area contributed by atoms with Crippen molar-refractivity contribution in [2.75, 3.05) is 0 Å². The molecular weight excluding hydrogens is 272 g/mol. The summed E-state index contributed by atoms with van der Waals surface area (Å²) in [6.07, 6.45) is 6.91. The van der Waals surface area contributed by atoms with Crippen molar-refractivity contribution in [1.29, 1.82) is 0 Å². The quantitative estimate of drug-likeness (QED) is 0.791. The molecule has 1 heterocycles. The van der Waals surface area contributed by atoms with Gasteiger partial charge in [0.25, 0.3) is 0 Å². The van der Waals surface area contributed by atoms with Crippen LogP contribution in [0.25, 0.3) is 0 Å². The van der Waals surface area contributed by atoms with Gasteiger partial charge in [0, 0.05) is 12.5 Å². The third-order valence-corrected chi connectivity index (χ3v) is 4.54. The molecule has 1 saturated carbocycles. The van der Waals surface area contributed by atoms with Crippen LogP contribution in [0, 0.1) is 5.41 Å². The Morgan fingerprint density at radius 1 is 1.55 bits per heavy atom. The second-order valence-corrected chi connectivity index (χ2v) is 6.09. The van der Waals surface area contributed by atoms with Gasteiger partial charge in [-0.1, -0.05) is 25.1 Å². The van der Waals surface area contributed by atoms with E-state index >= 15 is 0 Å². The first-order valence-electron chi connectivity index (χ1n) is 7.18. The second-order valence-electron chi connectivity index (χ2n) is 5.65. The minimum Gasteiger partial charge on any atom is -0.469 e. The van der Waals surface area contributed by atoms with Crippen molar-refractivity contribution in [1.82, 2.24) is 5.32 Å². The van der Waals surface area contributed by atoms with Crippen LogP contribution in [0.1, 0.15) is 44.8 Å². The van der Waals surface area contributed by atoms with E-state index in [1.54, 1.807) is 6.26 Å². The number of thiocarbonyl (C=S) groups is 1. The maximum Gasteiger partial charge on any atom is 0.233 e. The molecule has 20 heavy (non-hydrogen) atoms. The molecule has 3 N–H and O–H groups in total. The molecule has 0 aliphatic heterocycles. The highest BCUT2D eigenvalue weighted by Gasteiger charge is 2.44. The van der Waals surface area contributed by atoms with Crippen LogP contribution in [0.3, 0.4) is 0 Å². The lowest BCUT2D eigenvalue weighted by Gasteiger charge is -2.28. The lowest BCUT2D eigenvalue weighted by molar-refractivity contribution is -0.128. The van der Waals surface area contributed by atoms with E-state index in [-0.39, 0.29) is 11.9 Å². The van der Waals surface area contributed by atoms with Gasteiger partial charge in [-0.2, -0.15) is 0 Å². The molecule has 0 bridgehead atoms. The van der Waals surface area contributed by atoms with E-state index in [0.717, 1.165) is 44.3 Å². The summed E-state index contributed by atoms with van der Waals surface area (Å²) >= 11 is 5.13. The summed E-state index contributed by atoms with van der Waals surface area (Å²) in [5.41, 5.74) is 5.20. The summed E-state index contributed by atoms with van der Waals surface area (Å²) in [6.45, 7) is 2.00. The first-order valence-corrected chi connectivity index (χ1v) is 7.59. The molecule has 0 radical (unpaired) electrons. The van der Waals surface area contributed by atoms with E-state index in [4.69, 9.17) is 22.4 Å². The number of amides is 1. The number of hydrogen-bond acceptors (Lipinski definition) is 3. The molecule has 1 aromatic rings. The number of hydrogen-bond donors (Lipinski definition) is 2. The normalized spacial score (nSPS) is 18.6. The molecule has 1 aromatic heterocycles. The van der Waals surface area contributed by atoms with E-state index in [1.165, 1.54) is 0 Å². The van der Waals surface area contributed by atoms with Gasteiger partial charge in [0.1, 0.15) is 5.76 Å². The summed E-state index contributed by atoms with van der Waals surface area (Å²) in [4.78, 5) is 12.8. The van der Waals surface area contributed by atoms with E-state index in [9.17, 15) is 4.79 Å². The maximum atomic E-state index is 12.5. The molecule has 0 saturated heterocycles. The summed E-state index contributed by atoms with van der Waals surface area (Å²) in [5, 5.41) is 3.06. The van der Waals surface area contributed by atoms with E-state index < -0.39 is 5.41 Å². The van der Waals surface area contributed by atoms with Gasteiger partial charge in [-0.05, 0) is 38.3 Å². The number of carbonyl (C=O) groups is 1. The topological polar surface area (TPSA) is 68.3 Å². The number of aryl methyl sites for hydroxylation is 1. The maximum absolute atomic E-state index is 12.5. The van der Waals surface area contributed by atoms with Gasteiger partial charge in [-0.25, -0.2) is 0 Å². The first kappa shape index (κ1) is 15.0. The first-order chi connectivity index (χ1) is 9.54. The largest absolute Gasteiger partial charge is 0.469 e. The molecule has 110 valence electrons. The Morgan fingerprint density at radius 2 is 2.25 bits per heavy atom. The molecule has 0 aromatic carbocycles. The summed E-state index contributed by atoms with van der Waals surface area (Å²) in [5.74, 6) is 0.936. The van der Waals surface area contributed by atoms with Gasteiger partial charge in [0.2, 0.25) is 5.91 Å². The highest BCUT2D eigenvalue weighted by Crippen LogP contribution is 2.38. The Labute approximate surface area is 125 Å². The van der Waals surface area contributed by atoms with Crippen molar-refractivity contribution in [2.45, 2.75) is 51.5 Å². The minimum atomic E-state index is -0.617. The number of rotatable bonds is 6. The zero-order valence-electron chi connectivity index (χ0n) is 11.9. The molecule has 1 atom stereocenters. The molecule has 1 aliphatic rings. The Morgan fingerprint density at radius 3 is 2.80 bits per heavy atom. The lowest BCUT2D eigenvalue weighted by atomic mass is 9.84. The Hall–Kier alpha value is -1.36. The predicted octanol–water partition coefficient (Wildman–Crippen LogP) is 2.56. The van der Waals surface area contributed by atoms with Crippen LogP contribution in [0.5, 0.6) is 0 Å². The van der Waals surface area contributed by atoms with Crippen LogP contribution in [-0.4, -0.2) is 16.9 Å². The van der Waals surface area contributed by atoms with Crippen LogP contribution in [0.15, 0.2) is 22.8 Å². The van der Waals surface area contributed by atoms with Gasteiger partial charge in [-0.3, -0.25) is 4.79 Å². The Balaban J connectivity index is 1.88. The fourth-order valence-corrected chi connectivity index (χ4v) is 3.11. The number of nitrogens with two attached hydrogens (primary N) is 1. The van der Waals surface area contributed by atoms with Crippen LogP contribution in [-0.2, 0) is 11.2 Å². The smallest absolute Gasteiger partial charge is 0.233 e. The third kappa shape index (κ3) is 3.20. The number of carbonyl (C=O) groups excluding carboxylic acids is 1. The van der Waals surface area contributed by atoms with Crippen molar-refractivity contribution in [2.24, 2.45) is 11.1 Å². The van der Waals surface area contributed by atoms with Crippen LogP contribution < -0.4 is 11.1 Å². The summed E-state index contributed by atoms with van der Waals surface area (Å²) in [6, 6.07) is 3.90. The molecule has 4 nitrogen and oxygen atoms in total. The van der Waals surface area contributed by atoms with Gasteiger partial charge in [-0.15, -0.1) is 0 Å². The van der Waals surface area contributed by atoms with E-state index in [2.05, 4.69) is 5.32 Å². The van der Waals surface area contributed by atoms with Crippen molar-refractivity contribution in [3.8, 4) is 0 Å². The van der Waals surface area contributed by atoms with E-state index in [1.807, 2.05) is 19.1 Å². The molecule has 1 unspecified atom stereocenters. The Kier molecular flexibility index (Phi) is 4.81. The minimum absolute atomic E-state index is 0.00514. The zero-order chi connectivity index (χ0) is 14.6. The molecule has 5 heteroatoms. The third-order valence-electron chi connectivity index (χ3n) is 4.14. The fraction of sp³-hybridized carbons (Fsp3) is 0.600. The van der Waals surface area contributed by atoms with E-state index in [0.29, 0.717) is 4.99 Å². The molecular formula is C15H22N2O2S. The lowest BCUT2D eigenvalue weighted by Crippen LogP contribution is -2.49.